The Bertz CT molecular complexity index is 332. The van der Waals surface area contributed by atoms with E-state index in [-0.39, 0.29) is 11.9 Å². The zero-order chi connectivity index (χ0) is 11.4. The molecule has 1 amide bonds. The van der Waals surface area contributed by atoms with Gasteiger partial charge in [0, 0.05) is 25.8 Å². The van der Waals surface area contributed by atoms with Gasteiger partial charge < -0.3 is 10.6 Å². The van der Waals surface area contributed by atoms with Crippen LogP contribution in [0.3, 0.4) is 0 Å². The molecule has 4 nitrogen and oxygen atoms in total. The topological polar surface area (TPSA) is 59.2 Å². The number of nitrogens with two attached hydrogens (primary N) is 1. The van der Waals surface area contributed by atoms with Gasteiger partial charge in [0.25, 0.3) is 5.91 Å². The normalized spacial score (nSPS) is 10.5. The fourth-order valence-electron chi connectivity index (χ4n) is 1.11. The Labute approximate surface area is 90.1 Å². The summed E-state index contributed by atoms with van der Waals surface area (Å²) >= 11 is 0. The minimum Gasteiger partial charge on any atom is -0.339 e. The van der Waals surface area contributed by atoms with Gasteiger partial charge >= 0.3 is 0 Å². The third kappa shape index (κ3) is 2.76. The van der Waals surface area contributed by atoms with Crippen LogP contribution in [-0.2, 0) is 6.54 Å². The number of hydrogen-bond acceptors (Lipinski definition) is 3. The van der Waals surface area contributed by atoms with Crippen LogP contribution in [-0.4, -0.2) is 28.9 Å². The van der Waals surface area contributed by atoms with Crippen LogP contribution in [0.2, 0.25) is 0 Å². The zero-order valence-electron chi connectivity index (χ0n) is 9.40. The van der Waals surface area contributed by atoms with E-state index in [1.54, 1.807) is 30.3 Å². The van der Waals surface area contributed by atoms with E-state index >= 15 is 0 Å². The summed E-state index contributed by atoms with van der Waals surface area (Å²) in [5.74, 6) is -0.0129. The third-order valence-electron chi connectivity index (χ3n) is 2.38. The Morgan fingerprint density at radius 1 is 1.53 bits per heavy atom. The molecule has 0 spiro atoms. The van der Waals surface area contributed by atoms with Gasteiger partial charge in [-0.1, -0.05) is 0 Å². The van der Waals surface area contributed by atoms with Gasteiger partial charge in [0.05, 0.1) is 11.3 Å². The highest BCUT2D eigenvalue weighted by atomic mass is 16.2. The number of aromatic nitrogens is 1. The van der Waals surface area contributed by atoms with Crippen molar-refractivity contribution in [2.24, 2.45) is 5.73 Å². The lowest BCUT2D eigenvalue weighted by atomic mass is 10.2. The molecule has 1 rings (SSSR count). The average molecular weight is 207 g/mol. The van der Waals surface area contributed by atoms with Crippen molar-refractivity contribution < 1.29 is 4.79 Å². The molecule has 82 valence electrons. The van der Waals surface area contributed by atoms with Gasteiger partial charge in [-0.05, 0) is 26.0 Å². The lowest BCUT2D eigenvalue weighted by molar-refractivity contribution is 0.0754. The Kier molecular flexibility index (Phi) is 3.80. The number of amides is 1. The molecule has 0 saturated heterocycles. The maximum Gasteiger partial charge on any atom is 0.255 e. The third-order valence-corrected chi connectivity index (χ3v) is 2.38. The molecule has 1 heterocycles. The van der Waals surface area contributed by atoms with Crippen molar-refractivity contribution in [1.82, 2.24) is 9.88 Å². The summed E-state index contributed by atoms with van der Waals surface area (Å²) in [6.07, 6.45) is 1.57. The number of rotatable bonds is 3. The second kappa shape index (κ2) is 4.89. The molecule has 1 aromatic heterocycles. The summed E-state index contributed by atoms with van der Waals surface area (Å²) in [5, 5.41) is 0. The van der Waals surface area contributed by atoms with Crippen LogP contribution in [0.5, 0.6) is 0 Å². The van der Waals surface area contributed by atoms with E-state index in [1.165, 1.54) is 0 Å². The Hall–Kier alpha value is -1.42. The summed E-state index contributed by atoms with van der Waals surface area (Å²) in [4.78, 5) is 17.6. The van der Waals surface area contributed by atoms with Gasteiger partial charge in [0.1, 0.15) is 0 Å². The lowest BCUT2D eigenvalue weighted by Crippen LogP contribution is -2.33. The molecule has 4 heteroatoms. The molecule has 0 radical (unpaired) electrons. The molecule has 0 aliphatic rings. The standard InChI is InChI=1S/C11H17N3O/c1-8(2)14(3)11(15)9-4-5-10(6-12)13-7-9/h4-5,7-8H,6,12H2,1-3H3. The highest BCUT2D eigenvalue weighted by Gasteiger charge is 2.14. The van der Waals surface area contributed by atoms with Crippen LogP contribution < -0.4 is 5.73 Å². The van der Waals surface area contributed by atoms with Crippen molar-refractivity contribution in [3.05, 3.63) is 29.6 Å². The van der Waals surface area contributed by atoms with Crippen LogP contribution in [0.4, 0.5) is 0 Å². The van der Waals surface area contributed by atoms with E-state index in [0.29, 0.717) is 12.1 Å². The average Bonchev–Trinajstić information content (AvgIpc) is 2.27. The smallest absolute Gasteiger partial charge is 0.255 e. The van der Waals surface area contributed by atoms with Crippen molar-refractivity contribution in [3.63, 3.8) is 0 Å². The van der Waals surface area contributed by atoms with Crippen molar-refractivity contribution in [1.29, 1.82) is 0 Å². The molecule has 0 saturated carbocycles. The van der Waals surface area contributed by atoms with Gasteiger partial charge in [-0.25, -0.2) is 0 Å². The predicted octanol–water partition coefficient (Wildman–Crippen LogP) is 1.02. The van der Waals surface area contributed by atoms with Crippen molar-refractivity contribution in [2.45, 2.75) is 26.4 Å². The summed E-state index contributed by atoms with van der Waals surface area (Å²) in [7, 11) is 1.78. The van der Waals surface area contributed by atoms with E-state index in [0.717, 1.165) is 5.69 Å². The number of carbonyl (C=O) groups excluding carboxylic acids is 1. The van der Waals surface area contributed by atoms with Crippen LogP contribution in [0, 0.1) is 0 Å². The molecule has 0 aliphatic carbocycles. The second-order valence-corrected chi connectivity index (χ2v) is 3.75. The first-order chi connectivity index (χ1) is 7.06. The summed E-state index contributed by atoms with van der Waals surface area (Å²) in [6.45, 7) is 4.34. The number of carbonyl (C=O) groups is 1. The highest BCUT2D eigenvalue weighted by molar-refractivity contribution is 5.93. The fourth-order valence-corrected chi connectivity index (χ4v) is 1.11. The molecule has 0 bridgehead atoms. The maximum absolute atomic E-state index is 11.8. The van der Waals surface area contributed by atoms with Crippen molar-refractivity contribution >= 4 is 5.91 Å². The molecule has 0 atom stereocenters. The number of pyridine rings is 1. The van der Waals surface area contributed by atoms with Gasteiger partial charge in [-0.15, -0.1) is 0 Å². The number of nitrogens with zero attached hydrogens (tertiary/aromatic N) is 2. The SMILES string of the molecule is CC(C)N(C)C(=O)c1ccc(CN)nc1. The first kappa shape index (κ1) is 11.7. The molecule has 0 fully saturated rings. The first-order valence-electron chi connectivity index (χ1n) is 4.98. The zero-order valence-corrected chi connectivity index (χ0v) is 9.40. The Balaban J connectivity index is 2.83. The van der Waals surface area contributed by atoms with E-state index < -0.39 is 0 Å². The first-order valence-corrected chi connectivity index (χ1v) is 4.98. The Morgan fingerprint density at radius 2 is 2.20 bits per heavy atom. The predicted molar refractivity (Wildman–Crippen MR) is 59.4 cm³/mol. The minimum atomic E-state index is -0.0129. The molecule has 15 heavy (non-hydrogen) atoms. The van der Waals surface area contributed by atoms with Gasteiger partial charge in [-0.3, -0.25) is 9.78 Å². The monoisotopic (exact) mass is 207 g/mol. The van der Waals surface area contributed by atoms with Crippen molar-refractivity contribution in [2.75, 3.05) is 7.05 Å². The van der Waals surface area contributed by atoms with Crippen LogP contribution in [0.25, 0.3) is 0 Å². The molecule has 0 unspecified atom stereocenters. The van der Waals surface area contributed by atoms with E-state index in [2.05, 4.69) is 4.98 Å². The van der Waals surface area contributed by atoms with Crippen LogP contribution in [0.15, 0.2) is 18.3 Å². The van der Waals surface area contributed by atoms with E-state index in [9.17, 15) is 4.79 Å². The van der Waals surface area contributed by atoms with Gasteiger partial charge in [-0.2, -0.15) is 0 Å². The van der Waals surface area contributed by atoms with E-state index in [1.807, 2.05) is 13.8 Å². The van der Waals surface area contributed by atoms with E-state index in [4.69, 9.17) is 5.73 Å². The number of hydrogen-bond donors (Lipinski definition) is 1. The molecular formula is C11H17N3O. The highest BCUT2D eigenvalue weighted by Crippen LogP contribution is 2.06. The molecule has 1 aromatic rings. The van der Waals surface area contributed by atoms with Crippen LogP contribution in [0.1, 0.15) is 29.9 Å². The lowest BCUT2D eigenvalue weighted by Gasteiger charge is -2.21. The van der Waals surface area contributed by atoms with Gasteiger partial charge in [0.2, 0.25) is 0 Å². The Morgan fingerprint density at radius 3 is 2.60 bits per heavy atom. The maximum atomic E-state index is 11.8. The molecule has 0 aliphatic heterocycles. The second-order valence-electron chi connectivity index (χ2n) is 3.75. The quantitative estimate of drug-likeness (QED) is 0.805. The minimum absolute atomic E-state index is 0.0129. The summed E-state index contributed by atoms with van der Waals surface area (Å²) in [6, 6.07) is 3.73. The largest absolute Gasteiger partial charge is 0.339 e. The molecule has 0 aromatic carbocycles. The van der Waals surface area contributed by atoms with Crippen LogP contribution >= 0.6 is 0 Å². The summed E-state index contributed by atoms with van der Waals surface area (Å²) in [5.41, 5.74) is 6.82. The fraction of sp³-hybridized carbons (Fsp3) is 0.455. The van der Waals surface area contributed by atoms with Crippen molar-refractivity contribution in [3.8, 4) is 0 Å². The van der Waals surface area contributed by atoms with Gasteiger partial charge in [0.15, 0.2) is 0 Å². The molecule has 2 N–H and O–H groups in total. The molecular weight excluding hydrogens is 190 g/mol. The summed E-state index contributed by atoms with van der Waals surface area (Å²) < 4.78 is 0.